The van der Waals surface area contributed by atoms with E-state index < -0.39 is 0 Å². The molecule has 1 amide bonds. The quantitative estimate of drug-likeness (QED) is 0.299. The molecule has 2 heterocycles. The summed E-state index contributed by atoms with van der Waals surface area (Å²) in [7, 11) is 1.62. The van der Waals surface area contributed by atoms with Gasteiger partial charge in [-0.1, -0.05) is 58.1 Å². The maximum absolute atomic E-state index is 12.9. The highest BCUT2D eigenvalue weighted by atomic mass is 79.9. The number of carbonyl (C=O) groups excluding carboxylic acids is 1. The number of thiocarbonyl (C=S) groups is 1. The van der Waals surface area contributed by atoms with E-state index in [1.807, 2.05) is 55.5 Å². The Labute approximate surface area is 193 Å². The minimum atomic E-state index is -0.113. The van der Waals surface area contributed by atoms with Gasteiger partial charge in [0.05, 0.1) is 18.6 Å². The Bertz CT molecular complexity index is 1150. The molecule has 0 radical (unpaired) electrons. The molecule has 1 aliphatic rings. The zero-order valence-electron chi connectivity index (χ0n) is 16.3. The number of methoxy groups -OCH3 is 1. The molecule has 2 aromatic carbocycles. The Kier molecular flexibility index (Phi) is 6.13. The number of aryl methyl sites for hydroxylation is 1. The highest BCUT2D eigenvalue weighted by molar-refractivity contribution is 9.10. The molecule has 152 valence electrons. The molecule has 4 rings (SSSR count). The van der Waals surface area contributed by atoms with Crippen molar-refractivity contribution in [1.82, 2.24) is 4.90 Å². The van der Waals surface area contributed by atoms with Crippen molar-refractivity contribution in [2.24, 2.45) is 0 Å². The van der Waals surface area contributed by atoms with Crippen molar-refractivity contribution in [2.45, 2.75) is 13.5 Å². The number of furan rings is 1. The second-order valence-electron chi connectivity index (χ2n) is 6.78. The van der Waals surface area contributed by atoms with Gasteiger partial charge in [0.1, 0.15) is 21.6 Å². The van der Waals surface area contributed by atoms with E-state index in [2.05, 4.69) is 22.0 Å². The summed E-state index contributed by atoms with van der Waals surface area (Å²) in [6.07, 6.45) is 1.75. The minimum Gasteiger partial charge on any atom is -0.497 e. The highest BCUT2D eigenvalue weighted by Gasteiger charge is 2.32. The molecule has 0 saturated carbocycles. The molecule has 0 spiro atoms. The molecule has 7 heteroatoms. The standard InChI is InChI=1S/C23H18BrNO3S2/c1-14-11-16(5-9-19(14)24)20-10-8-18(28-20)12-21-22(26)25(23(29)30-21)13-15-3-6-17(27-2)7-4-15/h3-12H,13H2,1-2H3/b21-12-. The van der Waals surface area contributed by atoms with E-state index in [9.17, 15) is 4.79 Å². The normalized spacial score (nSPS) is 15.3. The van der Waals surface area contributed by atoms with Crippen LogP contribution in [0, 0.1) is 6.92 Å². The molecule has 3 aromatic rings. The van der Waals surface area contributed by atoms with Gasteiger partial charge in [-0.15, -0.1) is 0 Å². The van der Waals surface area contributed by atoms with E-state index in [1.54, 1.807) is 18.1 Å². The number of hydrogen-bond donors (Lipinski definition) is 0. The Morgan fingerprint density at radius 1 is 1.17 bits per heavy atom. The van der Waals surface area contributed by atoms with Gasteiger partial charge in [-0.25, -0.2) is 0 Å². The van der Waals surface area contributed by atoms with Crippen molar-refractivity contribution in [1.29, 1.82) is 0 Å². The maximum Gasteiger partial charge on any atom is 0.266 e. The summed E-state index contributed by atoms with van der Waals surface area (Å²) in [5.41, 5.74) is 3.10. The fourth-order valence-corrected chi connectivity index (χ4v) is 4.54. The van der Waals surface area contributed by atoms with E-state index >= 15 is 0 Å². The monoisotopic (exact) mass is 499 g/mol. The molecule has 0 unspecified atom stereocenters. The number of halogens is 1. The molecule has 0 atom stereocenters. The largest absolute Gasteiger partial charge is 0.497 e. The Morgan fingerprint density at radius 2 is 1.93 bits per heavy atom. The molecular formula is C23H18BrNO3S2. The Balaban J connectivity index is 1.51. The average molecular weight is 500 g/mol. The number of benzene rings is 2. The maximum atomic E-state index is 12.9. The lowest BCUT2D eigenvalue weighted by Crippen LogP contribution is -2.27. The van der Waals surface area contributed by atoms with Crippen LogP contribution in [0.4, 0.5) is 0 Å². The van der Waals surface area contributed by atoms with Crippen LogP contribution in [-0.4, -0.2) is 22.2 Å². The number of nitrogens with zero attached hydrogens (tertiary/aromatic N) is 1. The summed E-state index contributed by atoms with van der Waals surface area (Å²) in [6.45, 7) is 2.46. The first-order valence-electron chi connectivity index (χ1n) is 9.19. The van der Waals surface area contributed by atoms with E-state index in [0.29, 0.717) is 21.5 Å². The lowest BCUT2D eigenvalue weighted by atomic mass is 10.1. The topological polar surface area (TPSA) is 42.7 Å². The predicted octanol–water partition coefficient (Wildman–Crippen LogP) is 6.43. The van der Waals surface area contributed by atoms with E-state index in [4.69, 9.17) is 21.4 Å². The number of carbonyl (C=O) groups is 1. The van der Waals surface area contributed by atoms with Gasteiger partial charge in [0.2, 0.25) is 0 Å². The lowest BCUT2D eigenvalue weighted by molar-refractivity contribution is -0.122. The highest BCUT2D eigenvalue weighted by Crippen LogP contribution is 2.35. The molecule has 4 nitrogen and oxygen atoms in total. The van der Waals surface area contributed by atoms with Gasteiger partial charge in [-0.3, -0.25) is 9.69 Å². The van der Waals surface area contributed by atoms with E-state index in [1.165, 1.54) is 11.8 Å². The third kappa shape index (κ3) is 4.38. The zero-order chi connectivity index (χ0) is 21.3. The van der Waals surface area contributed by atoms with Crippen LogP contribution >= 0.6 is 39.9 Å². The summed E-state index contributed by atoms with van der Waals surface area (Å²) in [5.74, 6) is 2.04. The SMILES string of the molecule is COc1ccc(CN2C(=O)/C(=C/c3ccc(-c4ccc(Br)c(C)c4)o3)SC2=S)cc1. The van der Waals surface area contributed by atoms with Crippen molar-refractivity contribution in [2.75, 3.05) is 7.11 Å². The van der Waals surface area contributed by atoms with Gasteiger partial charge in [0.15, 0.2) is 0 Å². The van der Waals surface area contributed by atoms with Crippen molar-refractivity contribution in [3.8, 4) is 17.1 Å². The lowest BCUT2D eigenvalue weighted by Gasteiger charge is -2.14. The number of thioether (sulfide) groups is 1. The zero-order valence-corrected chi connectivity index (χ0v) is 19.6. The summed E-state index contributed by atoms with van der Waals surface area (Å²) in [6, 6.07) is 17.4. The van der Waals surface area contributed by atoms with Gasteiger partial charge in [0.25, 0.3) is 5.91 Å². The van der Waals surface area contributed by atoms with Crippen molar-refractivity contribution < 1.29 is 13.9 Å². The van der Waals surface area contributed by atoms with Gasteiger partial charge in [-0.2, -0.15) is 0 Å². The molecule has 0 N–H and O–H groups in total. The summed E-state index contributed by atoms with van der Waals surface area (Å²) >= 11 is 10.2. The van der Waals surface area contributed by atoms with Crippen molar-refractivity contribution in [3.05, 3.63) is 80.9 Å². The smallest absolute Gasteiger partial charge is 0.266 e. The van der Waals surface area contributed by atoms with Gasteiger partial charge >= 0.3 is 0 Å². The summed E-state index contributed by atoms with van der Waals surface area (Å²) in [5, 5.41) is 0. The number of ether oxygens (including phenoxy) is 1. The van der Waals surface area contributed by atoms with Crippen LogP contribution < -0.4 is 4.74 Å². The molecule has 1 saturated heterocycles. The molecule has 1 aromatic heterocycles. The van der Waals surface area contributed by atoms with Crippen LogP contribution in [0.2, 0.25) is 0 Å². The van der Waals surface area contributed by atoms with E-state index in [0.717, 1.165) is 32.7 Å². The first-order valence-corrected chi connectivity index (χ1v) is 11.2. The van der Waals surface area contributed by atoms with Gasteiger partial charge in [-0.05, 0) is 54.4 Å². The first kappa shape index (κ1) is 20.9. The van der Waals surface area contributed by atoms with Crippen LogP contribution in [-0.2, 0) is 11.3 Å². The second kappa shape index (κ2) is 8.79. The average Bonchev–Trinajstić information content (AvgIpc) is 3.31. The van der Waals surface area contributed by atoms with Crippen LogP contribution in [0.25, 0.3) is 17.4 Å². The summed E-state index contributed by atoms with van der Waals surface area (Å²) < 4.78 is 12.7. The number of amides is 1. The number of rotatable bonds is 5. The van der Waals surface area contributed by atoms with Crippen molar-refractivity contribution in [3.63, 3.8) is 0 Å². The third-order valence-corrected chi connectivity index (χ3v) is 6.98. The number of hydrogen-bond acceptors (Lipinski definition) is 5. The van der Waals surface area contributed by atoms with E-state index in [-0.39, 0.29) is 5.91 Å². The molecule has 30 heavy (non-hydrogen) atoms. The predicted molar refractivity (Wildman–Crippen MR) is 128 cm³/mol. The molecule has 1 fully saturated rings. The fraction of sp³-hybridized carbons (Fsp3) is 0.130. The first-order chi connectivity index (χ1) is 14.4. The molecular weight excluding hydrogens is 482 g/mol. The summed E-state index contributed by atoms with van der Waals surface area (Å²) in [4.78, 5) is 15.0. The third-order valence-electron chi connectivity index (χ3n) is 4.72. The molecule has 1 aliphatic heterocycles. The Morgan fingerprint density at radius 3 is 2.63 bits per heavy atom. The molecule has 0 bridgehead atoms. The molecule has 0 aliphatic carbocycles. The van der Waals surface area contributed by atoms with Crippen LogP contribution in [0.3, 0.4) is 0 Å². The second-order valence-corrected chi connectivity index (χ2v) is 9.31. The van der Waals surface area contributed by atoms with Gasteiger partial charge in [0, 0.05) is 16.1 Å². The minimum absolute atomic E-state index is 0.113. The van der Waals surface area contributed by atoms with Gasteiger partial charge < -0.3 is 9.15 Å². The Hall–Kier alpha value is -2.35. The van der Waals surface area contributed by atoms with Crippen molar-refractivity contribution >= 4 is 56.2 Å². The van der Waals surface area contributed by atoms with Crippen LogP contribution in [0.1, 0.15) is 16.9 Å². The fourth-order valence-electron chi connectivity index (χ4n) is 3.06. The van der Waals surface area contributed by atoms with Crippen LogP contribution in [0.15, 0.2) is 68.4 Å². The van der Waals surface area contributed by atoms with Crippen LogP contribution in [0.5, 0.6) is 5.75 Å².